The second-order valence-electron chi connectivity index (χ2n) is 16.2. The maximum absolute atomic E-state index is 13.2. The average Bonchev–Trinajstić information content (AvgIpc) is 2.86. The largest absolute Gasteiger partial charge is 0.481 e. The van der Waals surface area contributed by atoms with Gasteiger partial charge in [0.2, 0.25) is 0 Å². The molecule has 212 valence electrons. The Morgan fingerprint density at radius 3 is 2.38 bits per heavy atom. The Morgan fingerprint density at radius 1 is 0.974 bits per heavy atom. The van der Waals surface area contributed by atoms with E-state index in [4.69, 9.17) is 0 Å². The SMILES string of the molecule is CC1(C)CC2C3=C(c4cccnc4)CC4C5(C)CCC(=O)C(C)(C)C5CCC4(C)C3(C)CCC2[C@H](C(=O)O)C1. The van der Waals surface area contributed by atoms with Crippen molar-refractivity contribution in [3.63, 3.8) is 0 Å². The molecular formula is C35H49NO3. The number of Topliss-reactive ketones (excluding diaryl/α,β-unsaturated/α-hetero) is 1. The summed E-state index contributed by atoms with van der Waals surface area (Å²) in [5.41, 5.74) is 4.25. The van der Waals surface area contributed by atoms with E-state index in [-0.39, 0.29) is 38.9 Å². The standard InChI is InChI=1S/C35H49NO3/c1-31(2)18-24-22(25(19-31)30(38)39)10-14-35(7)29(24)23(21-9-8-16-36-20-21)17-27-33(5)13-12-28(37)32(3,4)26(33)11-15-34(27,35)6/h8-9,16,20,22,24-27H,10-15,17-19H2,1-7H3,(H,38,39)/t22?,24?,25-,26?,27?,33?,34?,35?/m1/s1. The highest BCUT2D eigenvalue weighted by Gasteiger charge is 2.68. The van der Waals surface area contributed by atoms with Gasteiger partial charge >= 0.3 is 5.97 Å². The molecule has 5 aliphatic carbocycles. The fourth-order valence-electron chi connectivity index (χ4n) is 11.6. The lowest BCUT2D eigenvalue weighted by atomic mass is 9.33. The molecule has 0 spiro atoms. The molecule has 0 bridgehead atoms. The topological polar surface area (TPSA) is 67.3 Å². The first-order chi connectivity index (χ1) is 18.2. The van der Waals surface area contributed by atoms with Crippen molar-refractivity contribution < 1.29 is 14.7 Å². The molecule has 8 atom stereocenters. The molecule has 7 unspecified atom stereocenters. The van der Waals surface area contributed by atoms with Crippen LogP contribution in [0.25, 0.3) is 5.57 Å². The quantitative estimate of drug-likeness (QED) is 0.417. The van der Waals surface area contributed by atoms with Gasteiger partial charge in [0.05, 0.1) is 5.92 Å². The number of aromatic nitrogens is 1. The van der Waals surface area contributed by atoms with Crippen molar-refractivity contribution in [2.24, 2.45) is 56.7 Å². The van der Waals surface area contributed by atoms with E-state index in [1.807, 2.05) is 6.20 Å². The van der Waals surface area contributed by atoms with Crippen molar-refractivity contribution >= 4 is 17.3 Å². The van der Waals surface area contributed by atoms with Gasteiger partial charge in [-0.25, -0.2) is 0 Å². The zero-order valence-electron chi connectivity index (χ0n) is 25.3. The van der Waals surface area contributed by atoms with Gasteiger partial charge in [-0.05, 0) is 114 Å². The van der Waals surface area contributed by atoms with Crippen LogP contribution < -0.4 is 0 Å². The molecule has 1 aromatic heterocycles. The molecule has 4 saturated carbocycles. The van der Waals surface area contributed by atoms with E-state index in [2.05, 4.69) is 71.8 Å². The molecule has 0 aliphatic heterocycles. The molecule has 4 heteroatoms. The average molecular weight is 532 g/mol. The zero-order chi connectivity index (χ0) is 28.2. The molecule has 6 rings (SSSR count). The number of nitrogens with zero attached hydrogens (tertiary/aromatic N) is 1. The molecule has 1 aromatic rings. The van der Waals surface area contributed by atoms with Crippen molar-refractivity contribution in [1.82, 2.24) is 4.98 Å². The molecule has 39 heavy (non-hydrogen) atoms. The number of allylic oxidation sites excluding steroid dienone is 2. The number of fused-ring (bicyclic) bond motifs is 7. The van der Waals surface area contributed by atoms with Crippen LogP contribution in [0.4, 0.5) is 0 Å². The number of carboxylic acids is 1. The number of ketones is 1. The Bertz CT molecular complexity index is 1230. The van der Waals surface area contributed by atoms with Crippen LogP contribution in [0.5, 0.6) is 0 Å². The van der Waals surface area contributed by atoms with Crippen LogP contribution in [0.3, 0.4) is 0 Å². The summed E-state index contributed by atoms with van der Waals surface area (Å²) >= 11 is 0. The Labute approximate surface area is 235 Å². The molecule has 4 fully saturated rings. The Hall–Kier alpha value is -1.97. The first-order valence-electron chi connectivity index (χ1n) is 15.6. The summed E-state index contributed by atoms with van der Waals surface area (Å²) in [6.45, 7) is 16.7. The van der Waals surface area contributed by atoms with Crippen LogP contribution in [-0.4, -0.2) is 21.8 Å². The summed E-state index contributed by atoms with van der Waals surface area (Å²) in [7, 11) is 0. The van der Waals surface area contributed by atoms with E-state index in [0.717, 1.165) is 51.4 Å². The molecule has 1 heterocycles. The maximum atomic E-state index is 13.2. The summed E-state index contributed by atoms with van der Waals surface area (Å²) in [4.78, 5) is 30.4. The first kappa shape index (κ1) is 27.2. The summed E-state index contributed by atoms with van der Waals surface area (Å²) in [5.74, 6) is 0.986. The second kappa shape index (κ2) is 8.52. The zero-order valence-corrected chi connectivity index (χ0v) is 25.3. The highest BCUT2D eigenvalue weighted by Crippen LogP contribution is 2.76. The fourth-order valence-corrected chi connectivity index (χ4v) is 11.6. The monoisotopic (exact) mass is 531 g/mol. The van der Waals surface area contributed by atoms with Crippen LogP contribution in [0, 0.1) is 56.7 Å². The molecule has 4 nitrogen and oxygen atoms in total. The van der Waals surface area contributed by atoms with Crippen molar-refractivity contribution in [3.8, 4) is 0 Å². The number of hydrogen-bond acceptors (Lipinski definition) is 3. The fraction of sp³-hybridized carbons (Fsp3) is 0.743. The number of hydrogen-bond donors (Lipinski definition) is 1. The Balaban J connectivity index is 1.57. The van der Waals surface area contributed by atoms with Crippen molar-refractivity contribution in [1.29, 1.82) is 0 Å². The van der Waals surface area contributed by atoms with Gasteiger partial charge < -0.3 is 5.11 Å². The molecule has 0 amide bonds. The highest BCUT2D eigenvalue weighted by molar-refractivity contribution is 5.85. The summed E-state index contributed by atoms with van der Waals surface area (Å²) in [6.07, 6.45) is 12.8. The number of rotatable bonds is 2. The van der Waals surface area contributed by atoms with Crippen LogP contribution >= 0.6 is 0 Å². The van der Waals surface area contributed by atoms with Crippen LogP contribution in [-0.2, 0) is 9.59 Å². The number of carboxylic acid groups (broad SMARTS) is 1. The van der Waals surface area contributed by atoms with Crippen LogP contribution in [0.1, 0.15) is 112 Å². The van der Waals surface area contributed by atoms with Gasteiger partial charge in [0.15, 0.2) is 0 Å². The number of carbonyl (C=O) groups excluding carboxylic acids is 1. The van der Waals surface area contributed by atoms with Crippen molar-refractivity contribution in [2.45, 2.75) is 106 Å². The van der Waals surface area contributed by atoms with Crippen LogP contribution in [0.2, 0.25) is 0 Å². The van der Waals surface area contributed by atoms with Gasteiger partial charge in [-0.1, -0.05) is 60.1 Å². The van der Waals surface area contributed by atoms with Gasteiger partial charge in [-0.2, -0.15) is 0 Å². The van der Waals surface area contributed by atoms with E-state index in [1.165, 1.54) is 11.1 Å². The molecular weight excluding hydrogens is 482 g/mol. The first-order valence-corrected chi connectivity index (χ1v) is 15.6. The third-order valence-corrected chi connectivity index (χ3v) is 13.6. The summed E-state index contributed by atoms with van der Waals surface area (Å²) < 4.78 is 0. The van der Waals surface area contributed by atoms with Gasteiger partial charge in [-0.15, -0.1) is 0 Å². The van der Waals surface area contributed by atoms with Gasteiger partial charge in [0.25, 0.3) is 0 Å². The lowest BCUT2D eigenvalue weighted by molar-refractivity contribution is -0.182. The third-order valence-electron chi connectivity index (χ3n) is 13.6. The summed E-state index contributed by atoms with van der Waals surface area (Å²) in [5, 5.41) is 10.4. The van der Waals surface area contributed by atoms with E-state index < -0.39 is 5.97 Å². The van der Waals surface area contributed by atoms with Gasteiger partial charge in [0.1, 0.15) is 5.78 Å². The smallest absolute Gasteiger partial charge is 0.306 e. The van der Waals surface area contributed by atoms with E-state index in [0.29, 0.717) is 30.0 Å². The highest BCUT2D eigenvalue weighted by atomic mass is 16.4. The van der Waals surface area contributed by atoms with Crippen LogP contribution in [0.15, 0.2) is 30.1 Å². The number of pyridine rings is 1. The Morgan fingerprint density at radius 2 is 1.72 bits per heavy atom. The van der Waals surface area contributed by atoms with Crippen molar-refractivity contribution in [3.05, 3.63) is 35.7 Å². The van der Waals surface area contributed by atoms with Gasteiger partial charge in [-0.3, -0.25) is 14.6 Å². The Kier molecular flexibility index (Phi) is 5.95. The predicted molar refractivity (Wildman–Crippen MR) is 155 cm³/mol. The molecule has 0 aromatic carbocycles. The van der Waals surface area contributed by atoms with E-state index in [1.54, 1.807) is 5.57 Å². The van der Waals surface area contributed by atoms with Gasteiger partial charge in [0, 0.05) is 24.2 Å². The molecule has 1 N–H and O–H groups in total. The predicted octanol–water partition coefficient (Wildman–Crippen LogP) is 8.22. The lowest BCUT2D eigenvalue weighted by Crippen LogP contribution is -2.64. The maximum Gasteiger partial charge on any atom is 0.306 e. The van der Waals surface area contributed by atoms with E-state index >= 15 is 0 Å². The van der Waals surface area contributed by atoms with Crippen molar-refractivity contribution in [2.75, 3.05) is 0 Å². The number of carbonyl (C=O) groups is 2. The van der Waals surface area contributed by atoms with E-state index in [9.17, 15) is 14.7 Å². The lowest BCUT2D eigenvalue weighted by Gasteiger charge is -2.70. The second-order valence-corrected chi connectivity index (χ2v) is 16.2. The third kappa shape index (κ3) is 3.64. The minimum absolute atomic E-state index is 0.00463. The summed E-state index contributed by atoms with van der Waals surface area (Å²) in [6, 6.07) is 4.30. The normalized spacial score (nSPS) is 44.5. The molecule has 5 aliphatic rings. The minimum atomic E-state index is -0.605. The molecule has 0 saturated heterocycles. The number of aliphatic carboxylic acids is 1. The molecule has 0 radical (unpaired) electrons. The minimum Gasteiger partial charge on any atom is -0.481 e.